The van der Waals surface area contributed by atoms with Crippen molar-refractivity contribution in [2.45, 2.75) is 19.9 Å². The average Bonchev–Trinajstić information content (AvgIpc) is 2.41. The molecule has 0 spiro atoms. The van der Waals surface area contributed by atoms with Crippen molar-refractivity contribution in [3.8, 4) is 0 Å². The molecule has 0 radical (unpaired) electrons. The van der Waals surface area contributed by atoms with Crippen molar-refractivity contribution in [2.24, 2.45) is 0 Å². The second-order valence-electron chi connectivity index (χ2n) is 4.73. The fourth-order valence-electron chi connectivity index (χ4n) is 2.09. The standard InChI is InChI=1S/C14H17NO3S/c1-9-3-4-11(7-10(9)2)13(16)15-5-6-19-8-12(15)14(17)18/h3-4,7,12H,5-6,8H2,1-2H3,(H,17,18). The number of aryl methyl sites for hydroxylation is 2. The lowest BCUT2D eigenvalue weighted by atomic mass is 10.0. The fourth-order valence-corrected chi connectivity index (χ4v) is 3.13. The molecule has 1 aliphatic rings. The molecule has 1 aromatic carbocycles. The SMILES string of the molecule is Cc1ccc(C(=O)N2CCSCC2C(=O)O)cc1C. The summed E-state index contributed by atoms with van der Waals surface area (Å²) >= 11 is 1.58. The first kappa shape index (κ1) is 13.9. The first-order valence-electron chi connectivity index (χ1n) is 6.19. The van der Waals surface area contributed by atoms with Gasteiger partial charge >= 0.3 is 5.97 Å². The van der Waals surface area contributed by atoms with E-state index in [0.717, 1.165) is 16.9 Å². The summed E-state index contributed by atoms with van der Waals surface area (Å²) in [5, 5.41) is 9.20. The zero-order valence-corrected chi connectivity index (χ0v) is 11.9. The van der Waals surface area contributed by atoms with Gasteiger partial charge in [0.15, 0.2) is 0 Å². The lowest BCUT2D eigenvalue weighted by Gasteiger charge is -2.32. The van der Waals surface area contributed by atoms with Crippen LogP contribution in [0.4, 0.5) is 0 Å². The van der Waals surface area contributed by atoms with Crippen LogP contribution in [0.3, 0.4) is 0 Å². The van der Waals surface area contributed by atoms with E-state index in [1.54, 1.807) is 17.8 Å². The van der Waals surface area contributed by atoms with Gasteiger partial charge in [0.1, 0.15) is 6.04 Å². The van der Waals surface area contributed by atoms with Gasteiger partial charge in [-0.25, -0.2) is 4.79 Å². The van der Waals surface area contributed by atoms with Crippen molar-refractivity contribution < 1.29 is 14.7 Å². The highest BCUT2D eigenvalue weighted by atomic mass is 32.2. The zero-order valence-electron chi connectivity index (χ0n) is 11.0. The number of carbonyl (C=O) groups excluding carboxylic acids is 1. The minimum absolute atomic E-state index is 0.184. The lowest BCUT2D eigenvalue weighted by molar-refractivity contribution is -0.141. The molecule has 19 heavy (non-hydrogen) atoms. The number of aliphatic carboxylic acids is 1. The maximum absolute atomic E-state index is 12.4. The van der Waals surface area contributed by atoms with Crippen LogP contribution in [0, 0.1) is 13.8 Å². The smallest absolute Gasteiger partial charge is 0.327 e. The first-order valence-corrected chi connectivity index (χ1v) is 7.35. The molecule has 5 heteroatoms. The van der Waals surface area contributed by atoms with Crippen LogP contribution in [0.25, 0.3) is 0 Å². The van der Waals surface area contributed by atoms with Crippen LogP contribution >= 0.6 is 11.8 Å². The van der Waals surface area contributed by atoms with Gasteiger partial charge in [0, 0.05) is 23.6 Å². The van der Waals surface area contributed by atoms with Crippen molar-refractivity contribution >= 4 is 23.6 Å². The Balaban J connectivity index is 2.26. The minimum atomic E-state index is -0.926. The number of carboxylic acids is 1. The number of hydrogen-bond donors (Lipinski definition) is 1. The molecule has 1 amide bonds. The van der Waals surface area contributed by atoms with Gasteiger partial charge in [-0.3, -0.25) is 4.79 Å². The third-order valence-electron chi connectivity index (χ3n) is 3.43. The molecule has 1 atom stereocenters. The average molecular weight is 279 g/mol. The van der Waals surface area contributed by atoms with Crippen LogP contribution < -0.4 is 0 Å². The Kier molecular flexibility index (Phi) is 4.14. The molecule has 1 unspecified atom stereocenters. The molecule has 1 saturated heterocycles. The molecule has 1 heterocycles. The molecular weight excluding hydrogens is 262 g/mol. The quantitative estimate of drug-likeness (QED) is 0.899. The van der Waals surface area contributed by atoms with Crippen molar-refractivity contribution in [2.75, 3.05) is 18.1 Å². The molecule has 4 nitrogen and oxygen atoms in total. The Morgan fingerprint density at radius 3 is 2.68 bits per heavy atom. The van der Waals surface area contributed by atoms with Gasteiger partial charge in [-0.1, -0.05) is 6.07 Å². The maximum Gasteiger partial charge on any atom is 0.327 e. The molecule has 0 saturated carbocycles. The molecule has 1 fully saturated rings. The Morgan fingerprint density at radius 2 is 2.05 bits per heavy atom. The van der Waals surface area contributed by atoms with Gasteiger partial charge in [-0.15, -0.1) is 0 Å². The van der Waals surface area contributed by atoms with Gasteiger partial charge in [0.25, 0.3) is 5.91 Å². The van der Waals surface area contributed by atoms with Gasteiger partial charge in [-0.05, 0) is 37.1 Å². The number of thioether (sulfide) groups is 1. The highest BCUT2D eigenvalue weighted by Gasteiger charge is 2.32. The number of hydrogen-bond acceptors (Lipinski definition) is 3. The highest BCUT2D eigenvalue weighted by molar-refractivity contribution is 7.99. The number of amides is 1. The van der Waals surface area contributed by atoms with E-state index in [0.29, 0.717) is 17.9 Å². The highest BCUT2D eigenvalue weighted by Crippen LogP contribution is 2.20. The third kappa shape index (κ3) is 2.92. The van der Waals surface area contributed by atoms with Gasteiger partial charge in [0.05, 0.1) is 0 Å². The lowest BCUT2D eigenvalue weighted by Crippen LogP contribution is -2.50. The molecule has 1 N–H and O–H groups in total. The fraction of sp³-hybridized carbons (Fsp3) is 0.429. The van der Waals surface area contributed by atoms with Crippen LogP contribution in [0.15, 0.2) is 18.2 Å². The third-order valence-corrected chi connectivity index (χ3v) is 4.45. The van der Waals surface area contributed by atoms with E-state index in [-0.39, 0.29) is 5.91 Å². The molecule has 0 aliphatic carbocycles. The van der Waals surface area contributed by atoms with Crippen LogP contribution in [0.1, 0.15) is 21.5 Å². The summed E-state index contributed by atoms with van der Waals surface area (Å²) in [6.07, 6.45) is 0. The van der Waals surface area contributed by atoms with Crippen molar-refractivity contribution in [1.82, 2.24) is 4.90 Å². The van der Waals surface area contributed by atoms with E-state index in [1.807, 2.05) is 26.0 Å². The topological polar surface area (TPSA) is 57.6 Å². The molecule has 2 rings (SSSR count). The second kappa shape index (κ2) is 5.65. The zero-order chi connectivity index (χ0) is 14.0. The molecule has 1 aliphatic heterocycles. The molecular formula is C14H17NO3S. The Bertz CT molecular complexity index is 515. The Hall–Kier alpha value is -1.49. The van der Waals surface area contributed by atoms with E-state index in [2.05, 4.69) is 0 Å². The number of carboxylic acid groups (broad SMARTS) is 1. The van der Waals surface area contributed by atoms with Crippen LogP contribution in [-0.2, 0) is 4.79 Å². The van der Waals surface area contributed by atoms with Crippen LogP contribution in [0.2, 0.25) is 0 Å². The first-order chi connectivity index (χ1) is 9.00. The largest absolute Gasteiger partial charge is 0.480 e. The molecule has 0 bridgehead atoms. The Labute approximate surface area is 116 Å². The van der Waals surface area contributed by atoms with Gasteiger partial charge in [-0.2, -0.15) is 11.8 Å². The predicted octanol–water partition coefficient (Wildman–Crippen LogP) is 1.95. The van der Waals surface area contributed by atoms with E-state index < -0.39 is 12.0 Å². The number of rotatable bonds is 2. The summed E-state index contributed by atoms with van der Waals surface area (Å²) in [6, 6.07) is 4.79. The number of benzene rings is 1. The summed E-state index contributed by atoms with van der Waals surface area (Å²) < 4.78 is 0. The predicted molar refractivity (Wildman–Crippen MR) is 75.7 cm³/mol. The van der Waals surface area contributed by atoms with E-state index in [9.17, 15) is 14.7 Å². The van der Waals surface area contributed by atoms with E-state index >= 15 is 0 Å². The van der Waals surface area contributed by atoms with Crippen LogP contribution in [0.5, 0.6) is 0 Å². The number of nitrogens with zero attached hydrogens (tertiary/aromatic N) is 1. The minimum Gasteiger partial charge on any atom is -0.480 e. The monoisotopic (exact) mass is 279 g/mol. The van der Waals surface area contributed by atoms with Gasteiger partial charge < -0.3 is 10.0 Å². The van der Waals surface area contributed by atoms with Gasteiger partial charge in [0.2, 0.25) is 0 Å². The molecule has 1 aromatic rings. The van der Waals surface area contributed by atoms with E-state index in [1.165, 1.54) is 4.90 Å². The van der Waals surface area contributed by atoms with Crippen molar-refractivity contribution in [1.29, 1.82) is 0 Å². The molecule has 102 valence electrons. The normalized spacial score (nSPS) is 19.3. The van der Waals surface area contributed by atoms with Crippen molar-refractivity contribution in [3.63, 3.8) is 0 Å². The summed E-state index contributed by atoms with van der Waals surface area (Å²) in [5.41, 5.74) is 2.74. The van der Waals surface area contributed by atoms with Crippen molar-refractivity contribution in [3.05, 3.63) is 34.9 Å². The Morgan fingerprint density at radius 1 is 1.32 bits per heavy atom. The summed E-state index contributed by atoms with van der Waals surface area (Å²) in [6.45, 7) is 4.43. The van der Waals surface area contributed by atoms with E-state index in [4.69, 9.17) is 0 Å². The maximum atomic E-state index is 12.4. The molecule has 0 aromatic heterocycles. The van der Waals surface area contributed by atoms with Crippen LogP contribution in [-0.4, -0.2) is 46.0 Å². The second-order valence-corrected chi connectivity index (χ2v) is 5.88. The summed E-state index contributed by atoms with van der Waals surface area (Å²) in [7, 11) is 0. The summed E-state index contributed by atoms with van der Waals surface area (Å²) in [4.78, 5) is 25.1. The summed E-state index contributed by atoms with van der Waals surface area (Å²) in [5.74, 6) is 0.145. The number of carbonyl (C=O) groups is 2.